The van der Waals surface area contributed by atoms with Crippen molar-refractivity contribution in [2.24, 2.45) is 0 Å². The minimum absolute atomic E-state index is 0.0452. The lowest BCUT2D eigenvalue weighted by Gasteiger charge is -2.13. The van der Waals surface area contributed by atoms with Crippen LogP contribution in [-0.4, -0.2) is 30.7 Å². The fraction of sp³-hybridized carbons (Fsp3) is 0.0952. The van der Waals surface area contributed by atoms with Gasteiger partial charge in [0.1, 0.15) is 29.6 Å². The van der Waals surface area contributed by atoms with E-state index < -0.39 is 34.3 Å². The van der Waals surface area contributed by atoms with Crippen molar-refractivity contribution >= 4 is 58.0 Å². The maximum Gasteiger partial charge on any atom is 0.417 e. The van der Waals surface area contributed by atoms with Crippen LogP contribution in [0.1, 0.15) is 43.0 Å². The van der Waals surface area contributed by atoms with Crippen LogP contribution in [0.2, 0.25) is 0 Å². The third-order valence-corrected chi connectivity index (χ3v) is 10.3. The number of carboxylic acid groups (broad SMARTS) is 1. The fourth-order valence-corrected chi connectivity index (χ4v) is 6.80. The maximum absolute atomic E-state index is 13.1. The van der Waals surface area contributed by atoms with Crippen LogP contribution in [0.25, 0.3) is 0 Å². The number of aromatic carboxylic acids is 1. The molecule has 2 unspecified atom stereocenters. The van der Waals surface area contributed by atoms with Gasteiger partial charge in [0.2, 0.25) is 11.1 Å². The molecule has 0 saturated heterocycles. The summed E-state index contributed by atoms with van der Waals surface area (Å²) in [4.78, 5) is 40.4. The summed E-state index contributed by atoms with van der Waals surface area (Å²) in [5, 5.41) is 21.5. The Bertz CT molecular complexity index is 2470. The predicted molar refractivity (Wildman–Crippen MR) is 225 cm³/mol. The number of benzene rings is 6. The van der Waals surface area contributed by atoms with Crippen molar-refractivity contribution in [1.29, 1.82) is 0 Å². The summed E-state index contributed by atoms with van der Waals surface area (Å²) in [6.45, 7) is 3.70. The summed E-state index contributed by atoms with van der Waals surface area (Å²) < 4.78 is 51.9. The molecule has 0 spiro atoms. The minimum Gasteiger partial charge on any atom is -0.478 e. The van der Waals surface area contributed by atoms with Crippen LogP contribution < -0.4 is 32.4 Å². The van der Waals surface area contributed by atoms with Crippen molar-refractivity contribution in [2.45, 2.75) is 32.0 Å². The molecular formula is C42H36N2O14S3. The van der Waals surface area contributed by atoms with Crippen LogP contribution in [0.3, 0.4) is 0 Å². The maximum atomic E-state index is 13.1. The van der Waals surface area contributed by atoms with Gasteiger partial charge in [0.25, 0.3) is 18.2 Å². The van der Waals surface area contributed by atoms with Crippen molar-refractivity contribution in [3.05, 3.63) is 167 Å². The van der Waals surface area contributed by atoms with Crippen molar-refractivity contribution in [3.8, 4) is 28.7 Å². The second kappa shape index (κ2) is 21.7. The van der Waals surface area contributed by atoms with Crippen molar-refractivity contribution in [3.63, 3.8) is 0 Å². The summed E-state index contributed by atoms with van der Waals surface area (Å²) in [7, 11) is 0. The predicted octanol–water partition coefficient (Wildman–Crippen LogP) is 8.88. The Kier molecular flexibility index (Phi) is 15.7. The SMILES string of the molecule is Cc1ccc(OOSOc2ccc(C(=O)Nc3ccc(S(=O)Oc4ccc(NOCc5ccc(OS(=O)Oc6ccc(C)cc6)cc5COO)cc4)cc3)c(C(=O)O)c2)cc1. The summed E-state index contributed by atoms with van der Waals surface area (Å²) in [5.41, 5.74) is 6.43. The van der Waals surface area contributed by atoms with E-state index in [1.54, 1.807) is 60.7 Å². The lowest BCUT2D eigenvalue weighted by Crippen LogP contribution is -2.16. The van der Waals surface area contributed by atoms with E-state index in [1.165, 1.54) is 48.5 Å². The van der Waals surface area contributed by atoms with Crippen LogP contribution in [-0.2, 0) is 49.7 Å². The first-order valence-corrected chi connectivity index (χ1v) is 20.6. The van der Waals surface area contributed by atoms with Crippen molar-refractivity contribution < 1.29 is 64.0 Å². The highest BCUT2D eigenvalue weighted by Crippen LogP contribution is 2.26. The quantitative estimate of drug-likeness (QED) is 0.0230. The van der Waals surface area contributed by atoms with Crippen LogP contribution in [0.15, 0.2) is 138 Å². The number of hydrogen-bond donors (Lipinski definition) is 4. The Morgan fingerprint density at radius 1 is 0.623 bits per heavy atom. The summed E-state index contributed by atoms with van der Waals surface area (Å²) >= 11 is -3.58. The van der Waals surface area contributed by atoms with Crippen molar-refractivity contribution in [1.82, 2.24) is 0 Å². The average Bonchev–Trinajstić information content (AvgIpc) is 3.25. The molecule has 0 aromatic heterocycles. The van der Waals surface area contributed by atoms with Gasteiger partial charge >= 0.3 is 17.3 Å². The zero-order valence-electron chi connectivity index (χ0n) is 32.1. The zero-order valence-corrected chi connectivity index (χ0v) is 34.6. The summed E-state index contributed by atoms with van der Waals surface area (Å²) in [6, 6.07) is 35.1. The number of nitrogens with one attached hydrogen (secondary N) is 2. The molecule has 0 heterocycles. The van der Waals surface area contributed by atoms with E-state index in [0.29, 0.717) is 57.0 Å². The van der Waals surface area contributed by atoms with Gasteiger partial charge in [0, 0.05) is 5.69 Å². The Balaban J connectivity index is 0.953. The van der Waals surface area contributed by atoms with E-state index in [1.807, 2.05) is 38.1 Å². The van der Waals surface area contributed by atoms with Gasteiger partial charge in [-0.15, -0.1) is 0 Å². The minimum atomic E-state index is -2.12. The van der Waals surface area contributed by atoms with Gasteiger partial charge < -0.3 is 32.0 Å². The number of carbonyl (C=O) groups is 2. The largest absolute Gasteiger partial charge is 0.478 e. The zero-order chi connectivity index (χ0) is 43.1. The highest BCUT2D eigenvalue weighted by atomic mass is 32.2. The molecule has 316 valence electrons. The normalized spacial score (nSPS) is 11.8. The molecular weight excluding hydrogens is 853 g/mol. The van der Waals surface area contributed by atoms with Crippen LogP contribution in [0.5, 0.6) is 28.7 Å². The molecule has 0 aliphatic carbocycles. The standard InChI is InChI=1S/C42H36N2O14S3/c1-27-3-12-33(13-4-27)53-58-59-54-36-19-22-39(40(24-36)42(46)47)41(45)43-31-10-20-38(21-11-31)60(49)55-34-17-8-32(9-18-34)44-51-25-29-7-16-37(23-30(29)26-52-48)57-61(50)56-35-14-5-28(2)6-15-35/h3-24,44,48H,25-26H2,1-2H3,(H,43,45)(H,46,47). The van der Waals surface area contributed by atoms with E-state index in [2.05, 4.69) is 15.7 Å². The second-order valence-corrected chi connectivity index (χ2v) is 15.0. The highest BCUT2D eigenvalue weighted by Gasteiger charge is 2.19. The van der Waals surface area contributed by atoms with E-state index >= 15 is 0 Å². The second-order valence-electron chi connectivity index (χ2n) is 12.7. The Morgan fingerprint density at radius 2 is 1.21 bits per heavy atom. The molecule has 16 nitrogen and oxygen atoms in total. The fourth-order valence-electron chi connectivity index (χ4n) is 5.18. The first-order chi connectivity index (χ1) is 29.5. The van der Waals surface area contributed by atoms with Gasteiger partial charge in [0.15, 0.2) is 5.75 Å². The van der Waals surface area contributed by atoms with E-state index in [-0.39, 0.29) is 35.8 Å². The molecule has 0 fully saturated rings. The Hall–Kier alpha value is -6.45. The van der Waals surface area contributed by atoms with Gasteiger partial charge in [-0.1, -0.05) is 45.8 Å². The number of amides is 1. The van der Waals surface area contributed by atoms with Crippen LogP contribution in [0.4, 0.5) is 11.4 Å². The first kappa shape index (κ1) is 44.1. The number of rotatable bonds is 21. The van der Waals surface area contributed by atoms with E-state index in [0.717, 1.165) is 11.1 Å². The number of anilines is 2. The van der Waals surface area contributed by atoms with Gasteiger partial charge in [-0.25, -0.2) is 13.9 Å². The Labute approximate surface area is 359 Å². The number of aryl methyl sites for hydroxylation is 2. The average molecular weight is 889 g/mol. The molecule has 2 atom stereocenters. The van der Waals surface area contributed by atoms with Gasteiger partial charge in [-0.2, -0.15) is 4.21 Å². The molecule has 6 rings (SSSR count). The number of hydrogen-bond acceptors (Lipinski definition) is 15. The van der Waals surface area contributed by atoms with Gasteiger partial charge in [-0.05, 0) is 128 Å². The molecule has 0 aliphatic rings. The summed E-state index contributed by atoms with van der Waals surface area (Å²) in [6.07, 6.45) is 0. The summed E-state index contributed by atoms with van der Waals surface area (Å²) in [5.74, 6) is -0.608. The molecule has 19 heteroatoms. The molecule has 6 aromatic rings. The molecule has 4 N–H and O–H groups in total. The van der Waals surface area contributed by atoms with Gasteiger partial charge in [0.05, 0.1) is 28.3 Å². The topological polar surface area (TPSA) is 207 Å². The lowest BCUT2D eigenvalue weighted by molar-refractivity contribution is -0.253. The van der Waals surface area contributed by atoms with Crippen molar-refractivity contribution in [2.75, 3.05) is 10.8 Å². The smallest absolute Gasteiger partial charge is 0.417 e. The third-order valence-electron chi connectivity index (χ3n) is 8.27. The van der Waals surface area contributed by atoms with Crippen LogP contribution in [0, 0.1) is 13.8 Å². The molecule has 0 bridgehead atoms. The van der Waals surface area contributed by atoms with Gasteiger partial charge in [-0.3, -0.25) is 20.4 Å². The van der Waals surface area contributed by atoms with Crippen LogP contribution >= 0.6 is 12.3 Å². The molecule has 1 amide bonds. The molecule has 61 heavy (non-hydrogen) atoms. The number of carbonyl (C=O) groups excluding carboxylic acids is 1. The monoisotopic (exact) mass is 888 g/mol. The number of carboxylic acids is 1. The lowest BCUT2D eigenvalue weighted by atomic mass is 10.1. The third kappa shape index (κ3) is 13.3. The van der Waals surface area contributed by atoms with E-state index in [4.69, 9.17) is 36.0 Å². The molecule has 0 radical (unpaired) electrons. The first-order valence-electron chi connectivity index (χ1n) is 17.9. The molecule has 0 aliphatic heterocycles. The van der Waals surface area contributed by atoms with E-state index in [9.17, 15) is 23.1 Å². The molecule has 0 saturated carbocycles. The highest BCUT2D eigenvalue weighted by molar-refractivity contribution is 7.90. The molecule has 6 aromatic carbocycles. The Morgan fingerprint density at radius 3 is 1.89 bits per heavy atom.